The monoisotopic (exact) mass is 269 g/mol. The Hall–Kier alpha value is -0.610. The van der Waals surface area contributed by atoms with E-state index in [4.69, 9.17) is 10.7 Å². The normalized spacial score (nSPS) is 12.2. The minimum Gasteiger partial charge on any atom is -0.348 e. The van der Waals surface area contributed by atoms with E-state index in [9.17, 15) is 0 Å². The van der Waals surface area contributed by atoms with Crippen molar-refractivity contribution in [2.45, 2.75) is 53.5 Å². The SMILES string of the molecule is CCN(CC(C)C)c1nc(C(C)(C)C)c(CN)s1. The second kappa shape index (κ2) is 6.02. The zero-order valence-corrected chi connectivity index (χ0v) is 13.4. The van der Waals surface area contributed by atoms with Crippen molar-refractivity contribution < 1.29 is 0 Å². The van der Waals surface area contributed by atoms with Crippen LogP contribution in [0.5, 0.6) is 0 Å². The molecule has 1 rings (SSSR count). The largest absolute Gasteiger partial charge is 0.348 e. The van der Waals surface area contributed by atoms with Gasteiger partial charge in [0.25, 0.3) is 0 Å². The molecule has 0 atom stereocenters. The number of aromatic nitrogens is 1. The Morgan fingerprint density at radius 1 is 1.33 bits per heavy atom. The molecule has 1 aromatic heterocycles. The molecule has 0 aliphatic carbocycles. The first kappa shape index (κ1) is 15.4. The van der Waals surface area contributed by atoms with Gasteiger partial charge in [-0.1, -0.05) is 34.6 Å². The molecule has 0 spiro atoms. The average molecular weight is 269 g/mol. The minimum absolute atomic E-state index is 0.0701. The molecule has 0 bridgehead atoms. The van der Waals surface area contributed by atoms with Crippen molar-refractivity contribution in [3.63, 3.8) is 0 Å². The molecule has 0 aliphatic rings. The summed E-state index contributed by atoms with van der Waals surface area (Å²) in [5.74, 6) is 0.647. The number of rotatable bonds is 5. The molecule has 0 aromatic carbocycles. The average Bonchev–Trinajstić information content (AvgIpc) is 2.69. The molecule has 0 saturated heterocycles. The van der Waals surface area contributed by atoms with Gasteiger partial charge in [-0.25, -0.2) is 4.98 Å². The number of hydrogen-bond acceptors (Lipinski definition) is 4. The topological polar surface area (TPSA) is 42.2 Å². The maximum Gasteiger partial charge on any atom is 0.185 e. The van der Waals surface area contributed by atoms with E-state index in [1.54, 1.807) is 11.3 Å². The first-order valence-corrected chi connectivity index (χ1v) is 7.56. The lowest BCUT2D eigenvalue weighted by atomic mass is 9.91. The number of anilines is 1. The van der Waals surface area contributed by atoms with Crippen molar-refractivity contribution in [1.29, 1.82) is 0 Å². The van der Waals surface area contributed by atoms with Crippen LogP contribution in [0, 0.1) is 5.92 Å². The summed E-state index contributed by atoms with van der Waals surface area (Å²) in [6.07, 6.45) is 0. The fourth-order valence-corrected chi connectivity index (χ4v) is 3.20. The van der Waals surface area contributed by atoms with Crippen molar-refractivity contribution in [3.8, 4) is 0 Å². The Balaban J connectivity index is 3.07. The van der Waals surface area contributed by atoms with Gasteiger partial charge in [0.15, 0.2) is 5.13 Å². The van der Waals surface area contributed by atoms with Gasteiger partial charge in [-0.15, -0.1) is 11.3 Å². The van der Waals surface area contributed by atoms with E-state index in [-0.39, 0.29) is 5.41 Å². The van der Waals surface area contributed by atoms with Crippen molar-refractivity contribution in [3.05, 3.63) is 10.6 Å². The van der Waals surface area contributed by atoms with Gasteiger partial charge in [-0.05, 0) is 12.8 Å². The third-order valence-electron chi connectivity index (χ3n) is 2.82. The van der Waals surface area contributed by atoms with Crippen molar-refractivity contribution >= 4 is 16.5 Å². The van der Waals surface area contributed by atoms with E-state index in [0.29, 0.717) is 12.5 Å². The summed E-state index contributed by atoms with van der Waals surface area (Å²) < 4.78 is 0. The maximum atomic E-state index is 5.86. The Kier molecular flexibility index (Phi) is 5.17. The molecule has 104 valence electrons. The Labute approximate surface area is 115 Å². The van der Waals surface area contributed by atoms with E-state index >= 15 is 0 Å². The zero-order valence-electron chi connectivity index (χ0n) is 12.6. The molecule has 1 heterocycles. The molecule has 18 heavy (non-hydrogen) atoms. The number of hydrogen-bond donors (Lipinski definition) is 1. The summed E-state index contributed by atoms with van der Waals surface area (Å²) in [5, 5.41) is 1.12. The van der Waals surface area contributed by atoms with Gasteiger partial charge < -0.3 is 10.6 Å². The van der Waals surface area contributed by atoms with Crippen molar-refractivity contribution in [1.82, 2.24) is 4.98 Å². The molecular formula is C14H27N3S. The van der Waals surface area contributed by atoms with E-state index in [2.05, 4.69) is 46.4 Å². The highest BCUT2D eigenvalue weighted by atomic mass is 32.1. The summed E-state index contributed by atoms with van der Waals surface area (Å²) in [7, 11) is 0. The third-order valence-corrected chi connectivity index (χ3v) is 3.96. The highest BCUT2D eigenvalue weighted by Gasteiger charge is 2.24. The molecular weight excluding hydrogens is 242 g/mol. The highest BCUT2D eigenvalue weighted by Crippen LogP contribution is 2.33. The van der Waals surface area contributed by atoms with E-state index in [0.717, 1.165) is 23.9 Å². The minimum atomic E-state index is 0.0701. The van der Waals surface area contributed by atoms with Gasteiger partial charge in [-0.2, -0.15) is 0 Å². The first-order chi connectivity index (χ1) is 8.29. The first-order valence-electron chi connectivity index (χ1n) is 6.74. The van der Waals surface area contributed by atoms with Crippen LogP contribution >= 0.6 is 11.3 Å². The van der Waals surface area contributed by atoms with Gasteiger partial charge in [0.1, 0.15) is 0 Å². The molecule has 0 saturated carbocycles. The number of nitrogens with two attached hydrogens (primary N) is 1. The summed E-state index contributed by atoms with van der Waals surface area (Å²) >= 11 is 1.75. The smallest absolute Gasteiger partial charge is 0.185 e. The predicted molar refractivity (Wildman–Crippen MR) is 81.4 cm³/mol. The van der Waals surface area contributed by atoms with Crippen LogP contribution in [-0.4, -0.2) is 18.1 Å². The molecule has 2 N–H and O–H groups in total. The lowest BCUT2D eigenvalue weighted by Crippen LogP contribution is -2.27. The number of nitrogens with zero attached hydrogens (tertiary/aromatic N) is 2. The zero-order chi connectivity index (χ0) is 13.9. The second-order valence-electron chi connectivity index (χ2n) is 6.15. The fourth-order valence-electron chi connectivity index (χ4n) is 1.98. The molecule has 3 nitrogen and oxygen atoms in total. The quantitative estimate of drug-likeness (QED) is 0.891. The Morgan fingerprint density at radius 3 is 2.28 bits per heavy atom. The summed E-state index contributed by atoms with van der Waals surface area (Å²) in [6.45, 7) is 15.9. The van der Waals surface area contributed by atoms with Crippen LogP contribution in [0.4, 0.5) is 5.13 Å². The van der Waals surface area contributed by atoms with Crippen molar-refractivity contribution in [2.24, 2.45) is 11.7 Å². The van der Waals surface area contributed by atoms with Gasteiger partial charge in [-0.3, -0.25) is 0 Å². The van der Waals surface area contributed by atoms with Crippen LogP contribution in [0.25, 0.3) is 0 Å². The number of thiazole rings is 1. The molecule has 0 unspecified atom stereocenters. The third kappa shape index (κ3) is 3.69. The van der Waals surface area contributed by atoms with Gasteiger partial charge in [0, 0.05) is 29.9 Å². The Morgan fingerprint density at radius 2 is 1.94 bits per heavy atom. The standard InChI is InChI=1S/C14H27N3S/c1-7-17(9-10(2)3)13-16-12(14(4,5)6)11(8-15)18-13/h10H,7-9,15H2,1-6H3. The van der Waals surface area contributed by atoms with Crippen LogP contribution in [0.15, 0.2) is 0 Å². The van der Waals surface area contributed by atoms with E-state index < -0.39 is 0 Å². The summed E-state index contributed by atoms with van der Waals surface area (Å²) in [4.78, 5) is 8.41. The maximum absolute atomic E-state index is 5.86. The van der Waals surface area contributed by atoms with Crippen LogP contribution in [0.1, 0.15) is 52.1 Å². The lowest BCUT2D eigenvalue weighted by Gasteiger charge is -2.22. The van der Waals surface area contributed by atoms with Crippen molar-refractivity contribution in [2.75, 3.05) is 18.0 Å². The molecule has 0 amide bonds. The Bertz CT molecular complexity index is 377. The summed E-state index contributed by atoms with van der Waals surface area (Å²) in [5.41, 5.74) is 7.08. The summed E-state index contributed by atoms with van der Waals surface area (Å²) in [6, 6.07) is 0. The van der Waals surface area contributed by atoms with Gasteiger partial charge in [0.05, 0.1) is 5.69 Å². The predicted octanol–water partition coefficient (Wildman–Crippen LogP) is 3.38. The highest BCUT2D eigenvalue weighted by molar-refractivity contribution is 7.15. The second-order valence-corrected chi connectivity index (χ2v) is 7.22. The van der Waals surface area contributed by atoms with Crippen LogP contribution < -0.4 is 10.6 Å². The fraction of sp³-hybridized carbons (Fsp3) is 0.786. The van der Waals surface area contributed by atoms with Crippen LogP contribution in [0.2, 0.25) is 0 Å². The van der Waals surface area contributed by atoms with Gasteiger partial charge in [0.2, 0.25) is 0 Å². The van der Waals surface area contributed by atoms with Crippen LogP contribution in [-0.2, 0) is 12.0 Å². The molecule has 0 aliphatic heterocycles. The van der Waals surface area contributed by atoms with Gasteiger partial charge >= 0.3 is 0 Å². The van der Waals surface area contributed by atoms with E-state index in [1.165, 1.54) is 4.88 Å². The lowest BCUT2D eigenvalue weighted by molar-refractivity contribution is 0.563. The molecule has 0 radical (unpaired) electrons. The molecule has 4 heteroatoms. The molecule has 1 aromatic rings. The van der Waals surface area contributed by atoms with Crippen LogP contribution in [0.3, 0.4) is 0 Å². The van der Waals surface area contributed by atoms with E-state index in [1.807, 2.05) is 0 Å². The molecule has 0 fully saturated rings.